The fourth-order valence-corrected chi connectivity index (χ4v) is 2.15. The Labute approximate surface area is 123 Å². The molecule has 2 rings (SSSR count). The minimum atomic E-state index is 0.609. The number of anilines is 1. The van der Waals surface area contributed by atoms with Crippen molar-refractivity contribution in [3.63, 3.8) is 0 Å². The minimum Gasteiger partial charge on any atom is -0.355 e. The Bertz CT molecular complexity index is 529. The Kier molecular flexibility index (Phi) is 4.64. The number of rotatable bonds is 5. The van der Waals surface area contributed by atoms with Crippen LogP contribution in [0.15, 0.2) is 34.9 Å². The average molecular weight is 322 g/mol. The van der Waals surface area contributed by atoms with Gasteiger partial charge in [-0.2, -0.15) is 0 Å². The van der Waals surface area contributed by atoms with Gasteiger partial charge in [-0.3, -0.25) is 0 Å². The van der Waals surface area contributed by atoms with Gasteiger partial charge in [0.1, 0.15) is 0 Å². The standard InChI is InChI=1S/C15H20BrN3/c1-11(2)8-17-15-18-12(3)9-19(15)10-13-4-6-14(16)7-5-13/h4-7,9,11H,8,10H2,1-3H3,(H,17,18). The Morgan fingerprint density at radius 3 is 2.58 bits per heavy atom. The lowest BCUT2D eigenvalue weighted by Gasteiger charge is -2.11. The second-order valence-electron chi connectivity index (χ2n) is 5.24. The molecule has 0 bridgehead atoms. The molecule has 0 fully saturated rings. The van der Waals surface area contributed by atoms with Crippen LogP contribution in [0.1, 0.15) is 25.1 Å². The maximum Gasteiger partial charge on any atom is 0.203 e. The lowest BCUT2D eigenvalue weighted by Crippen LogP contribution is -2.13. The molecule has 0 aliphatic heterocycles. The Hall–Kier alpha value is -1.29. The summed E-state index contributed by atoms with van der Waals surface area (Å²) in [4.78, 5) is 4.54. The van der Waals surface area contributed by atoms with Crippen LogP contribution in [0, 0.1) is 12.8 Å². The van der Waals surface area contributed by atoms with E-state index < -0.39 is 0 Å². The Morgan fingerprint density at radius 2 is 1.95 bits per heavy atom. The third kappa shape index (κ3) is 4.10. The van der Waals surface area contributed by atoms with Crippen molar-refractivity contribution in [1.29, 1.82) is 0 Å². The van der Waals surface area contributed by atoms with Gasteiger partial charge in [0.2, 0.25) is 5.95 Å². The Morgan fingerprint density at radius 1 is 1.26 bits per heavy atom. The maximum absolute atomic E-state index is 4.54. The Balaban J connectivity index is 2.12. The summed E-state index contributed by atoms with van der Waals surface area (Å²) in [5.74, 6) is 1.56. The zero-order valence-corrected chi connectivity index (χ0v) is 13.2. The van der Waals surface area contributed by atoms with Gasteiger partial charge in [-0.15, -0.1) is 0 Å². The molecular formula is C15H20BrN3. The smallest absolute Gasteiger partial charge is 0.203 e. The minimum absolute atomic E-state index is 0.609. The number of nitrogens with one attached hydrogen (secondary N) is 1. The molecule has 0 aliphatic rings. The largest absolute Gasteiger partial charge is 0.355 e. The summed E-state index contributed by atoms with van der Waals surface area (Å²) in [6.07, 6.45) is 2.09. The molecule has 19 heavy (non-hydrogen) atoms. The van der Waals surface area contributed by atoms with E-state index in [0.717, 1.165) is 29.2 Å². The number of imidazole rings is 1. The van der Waals surface area contributed by atoms with Gasteiger partial charge in [0.25, 0.3) is 0 Å². The maximum atomic E-state index is 4.54. The number of hydrogen-bond donors (Lipinski definition) is 1. The van der Waals surface area contributed by atoms with Crippen LogP contribution in [0.5, 0.6) is 0 Å². The summed E-state index contributed by atoms with van der Waals surface area (Å²) in [7, 11) is 0. The lowest BCUT2D eigenvalue weighted by atomic mass is 10.2. The summed E-state index contributed by atoms with van der Waals surface area (Å²) in [5.41, 5.74) is 2.32. The molecule has 1 aromatic heterocycles. The molecule has 102 valence electrons. The summed E-state index contributed by atoms with van der Waals surface area (Å²) in [6.45, 7) is 8.20. The normalized spacial score (nSPS) is 11.0. The van der Waals surface area contributed by atoms with Gasteiger partial charge in [-0.1, -0.05) is 41.9 Å². The first-order valence-corrected chi connectivity index (χ1v) is 7.36. The topological polar surface area (TPSA) is 29.9 Å². The van der Waals surface area contributed by atoms with E-state index in [1.165, 1.54) is 5.56 Å². The number of halogens is 1. The summed E-state index contributed by atoms with van der Waals surface area (Å²) < 4.78 is 3.28. The molecule has 0 saturated heterocycles. The van der Waals surface area contributed by atoms with E-state index in [-0.39, 0.29) is 0 Å². The molecule has 0 atom stereocenters. The molecule has 0 spiro atoms. The van der Waals surface area contributed by atoms with Gasteiger partial charge >= 0.3 is 0 Å². The van der Waals surface area contributed by atoms with Crippen LogP contribution in [0.25, 0.3) is 0 Å². The fraction of sp³-hybridized carbons (Fsp3) is 0.400. The lowest BCUT2D eigenvalue weighted by molar-refractivity contribution is 0.676. The van der Waals surface area contributed by atoms with Gasteiger partial charge in [0, 0.05) is 17.2 Å². The molecule has 4 heteroatoms. The highest BCUT2D eigenvalue weighted by atomic mass is 79.9. The van der Waals surface area contributed by atoms with Gasteiger partial charge < -0.3 is 9.88 Å². The number of aromatic nitrogens is 2. The highest BCUT2D eigenvalue weighted by molar-refractivity contribution is 9.10. The van der Waals surface area contributed by atoms with Crippen molar-refractivity contribution in [3.8, 4) is 0 Å². The first kappa shape index (κ1) is 14.1. The molecule has 0 unspecified atom stereocenters. The molecule has 1 heterocycles. The van der Waals surface area contributed by atoms with Crippen molar-refractivity contribution in [3.05, 3.63) is 46.2 Å². The number of benzene rings is 1. The summed E-state index contributed by atoms with van der Waals surface area (Å²) in [5, 5.41) is 3.41. The third-order valence-corrected chi connectivity index (χ3v) is 3.36. The third-order valence-electron chi connectivity index (χ3n) is 2.83. The molecule has 1 aromatic carbocycles. The molecule has 1 N–H and O–H groups in total. The quantitative estimate of drug-likeness (QED) is 0.899. The average Bonchev–Trinajstić information content (AvgIpc) is 2.70. The second-order valence-corrected chi connectivity index (χ2v) is 6.15. The predicted molar refractivity (Wildman–Crippen MR) is 83.5 cm³/mol. The number of hydrogen-bond acceptors (Lipinski definition) is 2. The van der Waals surface area contributed by atoms with E-state index in [1.54, 1.807) is 0 Å². The zero-order valence-electron chi connectivity index (χ0n) is 11.7. The monoisotopic (exact) mass is 321 g/mol. The van der Waals surface area contributed by atoms with E-state index in [0.29, 0.717) is 5.92 Å². The van der Waals surface area contributed by atoms with Gasteiger partial charge in [0.05, 0.1) is 12.2 Å². The first-order chi connectivity index (χ1) is 9.04. The van der Waals surface area contributed by atoms with Crippen molar-refractivity contribution in [1.82, 2.24) is 9.55 Å². The summed E-state index contributed by atoms with van der Waals surface area (Å²) in [6, 6.07) is 8.40. The van der Waals surface area contributed by atoms with Crippen LogP contribution >= 0.6 is 15.9 Å². The predicted octanol–water partition coefficient (Wildman–Crippen LogP) is 4.07. The molecule has 2 aromatic rings. The molecule has 3 nitrogen and oxygen atoms in total. The second kappa shape index (κ2) is 6.24. The van der Waals surface area contributed by atoms with Crippen molar-refractivity contribution < 1.29 is 0 Å². The van der Waals surface area contributed by atoms with E-state index in [4.69, 9.17) is 0 Å². The molecule has 0 aliphatic carbocycles. The van der Waals surface area contributed by atoms with E-state index in [9.17, 15) is 0 Å². The molecule has 0 saturated carbocycles. The van der Waals surface area contributed by atoms with Gasteiger partial charge in [-0.25, -0.2) is 4.98 Å². The molecule has 0 radical (unpaired) electrons. The molecule has 0 amide bonds. The van der Waals surface area contributed by atoms with E-state index in [1.807, 2.05) is 6.92 Å². The fourth-order valence-electron chi connectivity index (χ4n) is 1.89. The highest BCUT2D eigenvalue weighted by Gasteiger charge is 2.06. The van der Waals surface area contributed by atoms with Gasteiger partial charge in [-0.05, 0) is 30.5 Å². The van der Waals surface area contributed by atoms with Crippen molar-refractivity contribution in [2.75, 3.05) is 11.9 Å². The van der Waals surface area contributed by atoms with Crippen LogP contribution in [0.4, 0.5) is 5.95 Å². The van der Waals surface area contributed by atoms with Crippen LogP contribution in [-0.4, -0.2) is 16.1 Å². The zero-order chi connectivity index (χ0) is 13.8. The van der Waals surface area contributed by atoms with Crippen molar-refractivity contribution >= 4 is 21.9 Å². The van der Waals surface area contributed by atoms with Crippen LogP contribution in [0.3, 0.4) is 0 Å². The van der Waals surface area contributed by atoms with E-state index >= 15 is 0 Å². The van der Waals surface area contributed by atoms with Gasteiger partial charge in [0.15, 0.2) is 0 Å². The van der Waals surface area contributed by atoms with E-state index in [2.05, 4.69) is 75.1 Å². The number of aryl methyl sites for hydroxylation is 1. The summed E-state index contributed by atoms with van der Waals surface area (Å²) >= 11 is 3.46. The highest BCUT2D eigenvalue weighted by Crippen LogP contribution is 2.15. The SMILES string of the molecule is Cc1cn(Cc2ccc(Br)cc2)c(NCC(C)C)n1. The van der Waals surface area contributed by atoms with Crippen LogP contribution < -0.4 is 5.32 Å². The van der Waals surface area contributed by atoms with Crippen LogP contribution in [-0.2, 0) is 6.54 Å². The molecular weight excluding hydrogens is 302 g/mol. The van der Waals surface area contributed by atoms with Crippen LogP contribution in [0.2, 0.25) is 0 Å². The number of nitrogens with zero attached hydrogens (tertiary/aromatic N) is 2. The van der Waals surface area contributed by atoms with Crippen molar-refractivity contribution in [2.24, 2.45) is 5.92 Å². The first-order valence-electron chi connectivity index (χ1n) is 6.56. The van der Waals surface area contributed by atoms with Crippen molar-refractivity contribution in [2.45, 2.75) is 27.3 Å².